The molecule has 0 aromatic heterocycles. The van der Waals surface area contributed by atoms with Crippen molar-refractivity contribution in [3.8, 4) is 5.75 Å². The van der Waals surface area contributed by atoms with E-state index in [0.717, 1.165) is 4.90 Å². The second-order valence-electron chi connectivity index (χ2n) is 7.92. The van der Waals surface area contributed by atoms with Crippen molar-refractivity contribution in [2.75, 3.05) is 31.7 Å². The molecule has 10 nitrogen and oxygen atoms in total. The fourth-order valence-corrected chi connectivity index (χ4v) is 4.66. The molecule has 3 amide bonds. The molecule has 0 saturated carbocycles. The first-order valence-electron chi connectivity index (χ1n) is 11.7. The predicted octanol–water partition coefficient (Wildman–Crippen LogP) is 5.29. The average molecular weight is 640 g/mol. The van der Waals surface area contributed by atoms with Crippen molar-refractivity contribution in [3.63, 3.8) is 0 Å². The highest BCUT2D eigenvalue weighted by atomic mass is 79.9. The molecule has 0 radical (unpaired) electrons. The summed E-state index contributed by atoms with van der Waals surface area (Å²) >= 11 is 10.1. The zero-order valence-corrected chi connectivity index (χ0v) is 24.1. The van der Waals surface area contributed by atoms with Crippen LogP contribution in [0.5, 0.6) is 5.75 Å². The van der Waals surface area contributed by atoms with E-state index in [9.17, 15) is 24.0 Å². The van der Waals surface area contributed by atoms with Gasteiger partial charge in [0.15, 0.2) is 6.61 Å². The van der Waals surface area contributed by atoms with Crippen molar-refractivity contribution < 1.29 is 38.2 Å². The van der Waals surface area contributed by atoms with Crippen LogP contribution in [0.4, 0.5) is 10.5 Å². The lowest BCUT2D eigenvalue weighted by Gasteiger charge is -2.13. The molecular formula is C26H24BrClN2O8S. The minimum atomic E-state index is -0.670. The number of hydrogen-bond acceptors (Lipinski definition) is 9. The molecule has 1 heterocycles. The van der Waals surface area contributed by atoms with Crippen LogP contribution in [0.15, 0.2) is 45.8 Å². The molecule has 2 aromatic carbocycles. The summed E-state index contributed by atoms with van der Waals surface area (Å²) in [6.45, 7) is 3.07. The zero-order chi connectivity index (χ0) is 28.5. The number of carbonyl (C=O) groups excluding carboxylic acids is 5. The quantitative estimate of drug-likeness (QED) is 0.258. The molecule has 2 aromatic rings. The SMILES string of the molecule is CCCOC(=O)c1cc(NC(=O)CN2C(=O)S/C(=C/c3cc(Br)ccc3OCC(=O)OCC)C2=O)ccc1Cl. The number of carbonyl (C=O) groups is 5. The first-order chi connectivity index (χ1) is 18.6. The van der Waals surface area contributed by atoms with Crippen molar-refractivity contribution in [2.45, 2.75) is 20.3 Å². The number of halogens is 2. The second kappa shape index (κ2) is 14.2. The highest BCUT2D eigenvalue weighted by molar-refractivity contribution is 9.10. The summed E-state index contributed by atoms with van der Waals surface area (Å²) in [5.41, 5.74) is 0.757. The highest BCUT2D eigenvalue weighted by Gasteiger charge is 2.36. The molecule has 0 atom stereocenters. The van der Waals surface area contributed by atoms with E-state index >= 15 is 0 Å². The van der Waals surface area contributed by atoms with Crippen molar-refractivity contribution >= 4 is 80.0 Å². The topological polar surface area (TPSA) is 128 Å². The maximum atomic E-state index is 13.0. The van der Waals surface area contributed by atoms with Crippen LogP contribution >= 0.6 is 39.3 Å². The Balaban J connectivity index is 1.71. The molecule has 1 aliphatic heterocycles. The lowest BCUT2D eigenvalue weighted by Crippen LogP contribution is -2.36. The molecule has 1 fully saturated rings. The Morgan fingerprint density at radius 1 is 1.10 bits per heavy atom. The minimum absolute atomic E-state index is 0.0688. The monoisotopic (exact) mass is 638 g/mol. The van der Waals surface area contributed by atoms with E-state index in [-0.39, 0.29) is 41.0 Å². The number of ether oxygens (including phenoxy) is 3. The Labute approximate surface area is 242 Å². The smallest absolute Gasteiger partial charge is 0.344 e. The van der Waals surface area contributed by atoms with Gasteiger partial charge in [-0.1, -0.05) is 34.5 Å². The lowest BCUT2D eigenvalue weighted by molar-refractivity contribution is -0.145. The van der Waals surface area contributed by atoms with Crippen molar-refractivity contribution in [1.82, 2.24) is 4.90 Å². The maximum absolute atomic E-state index is 13.0. The second-order valence-corrected chi connectivity index (χ2v) is 10.2. The molecule has 1 aliphatic rings. The van der Waals surface area contributed by atoms with Gasteiger partial charge in [-0.3, -0.25) is 19.3 Å². The summed E-state index contributed by atoms with van der Waals surface area (Å²) in [7, 11) is 0. The minimum Gasteiger partial charge on any atom is -0.481 e. The van der Waals surface area contributed by atoms with Gasteiger partial charge in [-0.25, -0.2) is 9.59 Å². The van der Waals surface area contributed by atoms with Gasteiger partial charge in [0.25, 0.3) is 11.1 Å². The third-order valence-electron chi connectivity index (χ3n) is 4.99. The third-order valence-corrected chi connectivity index (χ3v) is 6.72. The fourth-order valence-electron chi connectivity index (χ4n) is 3.26. The van der Waals surface area contributed by atoms with E-state index in [1.807, 2.05) is 6.92 Å². The van der Waals surface area contributed by atoms with E-state index in [1.165, 1.54) is 24.3 Å². The Morgan fingerprint density at radius 2 is 1.87 bits per heavy atom. The number of benzene rings is 2. The molecule has 13 heteroatoms. The standard InChI is InChI=1S/C26H24BrClN2O8S/c1-3-9-37-25(34)18-12-17(6-7-19(18)28)29-22(31)13-30-24(33)21(39-26(30)35)11-15-10-16(27)5-8-20(15)38-14-23(32)36-4-2/h5-8,10-12H,3-4,9,13-14H2,1-2H3,(H,29,31)/b21-11+. The summed E-state index contributed by atoms with van der Waals surface area (Å²) in [5.74, 6) is -2.21. The number of esters is 2. The van der Waals surface area contributed by atoms with Gasteiger partial charge in [-0.15, -0.1) is 0 Å². The van der Waals surface area contributed by atoms with Crippen molar-refractivity contribution in [3.05, 3.63) is 61.9 Å². The van der Waals surface area contributed by atoms with Gasteiger partial charge in [0.05, 0.1) is 28.7 Å². The van der Waals surface area contributed by atoms with Crippen LogP contribution in [0.1, 0.15) is 36.2 Å². The Hall–Kier alpha value is -3.35. The van der Waals surface area contributed by atoms with Gasteiger partial charge in [-0.2, -0.15) is 0 Å². The van der Waals surface area contributed by atoms with E-state index < -0.39 is 35.5 Å². The van der Waals surface area contributed by atoms with E-state index in [1.54, 1.807) is 25.1 Å². The van der Waals surface area contributed by atoms with E-state index in [2.05, 4.69) is 21.2 Å². The number of imide groups is 1. The molecule has 1 N–H and O–H groups in total. The average Bonchev–Trinajstić information content (AvgIpc) is 3.15. The molecule has 0 spiro atoms. The number of rotatable bonds is 11. The van der Waals surface area contributed by atoms with Crippen LogP contribution in [0, 0.1) is 0 Å². The third kappa shape index (κ3) is 8.32. The molecule has 206 valence electrons. The number of anilines is 1. The predicted molar refractivity (Wildman–Crippen MR) is 150 cm³/mol. The molecular weight excluding hydrogens is 616 g/mol. The molecule has 0 aliphatic carbocycles. The molecule has 0 unspecified atom stereocenters. The van der Waals surface area contributed by atoms with Crippen LogP contribution in [0.25, 0.3) is 6.08 Å². The highest BCUT2D eigenvalue weighted by Crippen LogP contribution is 2.35. The largest absolute Gasteiger partial charge is 0.481 e. The van der Waals surface area contributed by atoms with Crippen molar-refractivity contribution in [1.29, 1.82) is 0 Å². The normalized spacial score (nSPS) is 13.9. The lowest BCUT2D eigenvalue weighted by atomic mass is 10.2. The summed E-state index contributed by atoms with van der Waals surface area (Å²) in [5, 5.41) is 2.08. The first-order valence-corrected chi connectivity index (χ1v) is 13.7. The van der Waals surface area contributed by atoms with E-state index in [0.29, 0.717) is 34.0 Å². The van der Waals surface area contributed by atoms with E-state index in [4.69, 9.17) is 25.8 Å². The fraction of sp³-hybridized carbons (Fsp3) is 0.269. The van der Waals surface area contributed by atoms with Gasteiger partial charge >= 0.3 is 11.9 Å². The molecule has 0 bridgehead atoms. The molecule has 3 rings (SSSR count). The summed E-state index contributed by atoms with van der Waals surface area (Å²) in [4.78, 5) is 62.9. The maximum Gasteiger partial charge on any atom is 0.344 e. The van der Waals surface area contributed by atoms with Gasteiger partial charge in [0, 0.05) is 15.7 Å². The zero-order valence-electron chi connectivity index (χ0n) is 21.0. The van der Waals surface area contributed by atoms with Crippen LogP contribution in [0.2, 0.25) is 5.02 Å². The first kappa shape index (κ1) is 30.2. The Kier molecular flexibility index (Phi) is 11.0. The summed E-state index contributed by atoms with van der Waals surface area (Å²) < 4.78 is 16.2. The number of amides is 3. The van der Waals surface area contributed by atoms with Gasteiger partial charge in [-0.05, 0) is 67.6 Å². The number of hydrogen-bond donors (Lipinski definition) is 1. The summed E-state index contributed by atoms with van der Waals surface area (Å²) in [6.07, 6.45) is 2.08. The van der Waals surface area contributed by atoms with Crippen molar-refractivity contribution in [2.24, 2.45) is 0 Å². The van der Waals surface area contributed by atoms with Gasteiger partial charge < -0.3 is 19.5 Å². The van der Waals surface area contributed by atoms with Crippen LogP contribution in [-0.4, -0.2) is 60.3 Å². The van der Waals surface area contributed by atoms with Gasteiger partial charge in [0.1, 0.15) is 12.3 Å². The Morgan fingerprint density at radius 3 is 2.59 bits per heavy atom. The van der Waals surface area contributed by atoms with Crippen LogP contribution in [0.3, 0.4) is 0 Å². The Bertz CT molecular complexity index is 1330. The van der Waals surface area contributed by atoms with Crippen LogP contribution < -0.4 is 10.1 Å². The number of nitrogens with zero attached hydrogens (tertiary/aromatic N) is 1. The van der Waals surface area contributed by atoms with Crippen LogP contribution in [-0.2, 0) is 23.9 Å². The van der Waals surface area contributed by atoms with Gasteiger partial charge in [0.2, 0.25) is 5.91 Å². The number of nitrogens with one attached hydrogen (secondary N) is 1. The summed E-state index contributed by atoms with van der Waals surface area (Å²) in [6, 6.07) is 9.23. The number of thioether (sulfide) groups is 1. The molecule has 39 heavy (non-hydrogen) atoms. The molecule has 1 saturated heterocycles.